The van der Waals surface area contributed by atoms with Crippen LogP contribution in [0.1, 0.15) is 68.7 Å². The average molecular weight is 1190 g/mol. The van der Waals surface area contributed by atoms with Crippen molar-refractivity contribution in [1.82, 2.24) is 0 Å². The van der Waals surface area contributed by atoms with Crippen LogP contribution in [-0.2, 0) is 155 Å². The van der Waals surface area contributed by atoms with Crippen LogP contribution < -0.4 is 56.5 Å². The molecule has 26 heteroatoms. The second-order valence-corrected chi connectivity index (χ2v) is 9.69. The van der Waals surface area contributed by atoms with Crippen LogP contribution in [0.2, 0.25) is 0 Å². The molecule has 0 aliphatic heterocycles. The molecular formula is C28H42Ag4BKNO18S-2. The molecule has 0 aliphatic carbocycles. The monoisotopic (exact) mass is 1190 g/mol. The number of carboxylic acid groups (broad SMARTS) is 2. The summed E-state index contributed by atoms with van der Waals surface area (Å²) in [6.07, 6.45) is 1.78. The van der Waals surface area contributed by atoms with Gasteiger partial charge >= 0.3 is 143 Å². The molecule has 0 spiro atoms. The van der Waals surface area contributed by atoms with Gasteiger partial charge in [0, 0.05) is 44.8 Å². The van der Waals surface area contributed by atoms with Crippen LogP contribution in [0.25, 0.3) is 0 Å². The van der Waals surface area contributed by atoms with Crippen molar-refractivity contribution < 1.29 is 222 Å². The number of ketones is 3. The standard InChI is InChI=1S/C12H18O6.C6H4O6.C6H10O3.C4H9O.4Ag.BHNS.K.2O/c1-5-17-11(15)9(7(3)13)10(8(4)14)12(16)18-6-2;7-1-3(5(9)10)4(2-8)6(11)12;1-3-9-6(8)4-5(2)7;1-4(2,3)5;;;;;1-2-3;;;/h9-10H,5-6H2,1-4H3;3-4H,(H,9,10)(H,11,12);3-4H2,1-2H3;1-3H3;;;;;3H;;;/q;-2;;-1;;;;;;+1;;. The van der Waals surface area contributed by atoms with Crippen LogP contribution in [0, 0.1) is 23.7 Å². The third-order valence-corrected chi connectivity index (χ3v) is 4.11. The molecule has 0 aromatic rings. The number of nitrogens with zero attached hydrogens (tertiary/aromatic N) is 1. The zero-order valence-corrected chi connectivity index (χ0v) is 40.7. The number of carbonyl (C=O) groups excluding carboxylic acids is 8. The van der Waals surface area contributed by atoms with Crippen LogP contribution in [-0.4, -0.2) is 103 Å². The van der Waals surface area contributed by atoms with Gasteiger partial charge in [0.1, 0.15) is 35.6 Å². The van der Waals surface area contributed by atoms with Gasteiger partial charge in [-0.15, -0.1) is 5.60 Å². The van der Waals surface area contributed by atoms with Crippen molar-refractivity contribution in [3.8, 4) is 0 Å². The van der Waals surface area contributed by atoms with Gasteiger partial charge in [-0.3, -0.25) is 50.9 Å². The van der Waals surface area contributed by atoms with Gasteiger partial charge in [-0.25, -0.2) is 0 Å². The Bertz CT molecular complexity index is 1050. The second kappa shape index (κ2) is 53.1. The van der Waals surface area contributed by atoms with Gasteiger partial charge in [-0.05, 0) is 41.5 Å². The van der Waals surface area contributed by atoms with Crippen molar-refractivity contribution in [3.63, 3.8) is 0 Å². The van der Waals surface area contributed by atoms with Gasteiger partial charge in [-0.1, -0.05) is 32.6 Å². The van der Waals surface area contributed by atoms with E-state index < -0.39 is 70.7 Å². The van der Waals surface area contributed by atoms with Gasteiger partial charge in [0.15, 0.2) is 0 Å². The topological polar surface area (TPSA) is 308 Å². The Morgan fingerprint density at radius 1 is 0.722 bits per heavy atom. The zero-order chi connectivity index (χ0) is 42.5. The third kappa shape index (κ3) is 56.4. The minimum absolute atomic E-state index is 0. The molecule has 19 nitrogen and oxygen atoms in total. The number of rotatable bonds is 15. The SMILES string of the molecule is CC(C)(C)[O-].CCOC(=O)C(C(C)=O)C(C(C)=O)C(=O)OCC.CCOC(=O)CC(C)=O.O=[C-]C(C(=O)O)C([C-]=O)C(=O)O.[Ag].[Ag].[B]=NS.[K+].[O]=[Ag].[O]=[Ag]. The summed E-state index contributed by atoms with van der Waals surface area (Å²) in [5.74, 6) is -13.8. The molecule has 0 amide bonds. The van der Waals surface area contributed by atoms with Gasteiger partial charge in [0.2, 0.25) is 0 Å². The van der Waals surface area contributed by atoms with E-state index in [4.69, 9.17) is 26.2 Å². The predicted molar refractivity (Wildman–Crippen MR) is 165 cm³/mol. The summed E-state index contributed by atoms with van der Waals surface area (Å²) in [6.45, 7) is 13.8. The molecule has 0 aromatic carbocycles. The van der Waals surface area contributed by atoms with Crippen molar-refractivity contribution in [2.45, 2.75) is 74.3 Å². The molecular weight excluding hydrogens is 1150 g/mol. The number of carboxylic acids is 2. The number of Topliss-reactive ketones (excluding diaryl/α,β-unsaturated/α-hetero) is 3. The molecule has 4 unspecified atom stereocenters. The third-order valence-electron chi connectivity index (χ3n) is 4.11. The van der Waals surface area contributed by atoms with Crippen molar-refractivity contribution >= 4 is 80.2 Å². The predicted octanol–water partition coefficient (Wildman–Crippen LogP) is -3.26. The molecule has 0 aromatic heterocycles. The Hall–Kier alpha value is 0.0723. The fourth-order valence-corrected chi connectivity index (χ4v) is 2.47. The normalized spacial score (nSPS) is 10.6. The zero-order valence-electron chi connectivity index (χ0n) is 30.7. The van der Waals surface area contributed by atoms with Crippen LogP contribution in [0.4, 0.5) is 0 Å². The van der Waals surface area contributed by atoms with Crippen LogP contribution in [0.5, 0.6) is 0 Å². The number of carbonyl (C=O) groups is 8. The first-order valence-corrected chi connectivity index (χ1v) is 15.3. The summed E-state index contributed by atoms with van der Waals surface area (Å²) in [7, 11) is 4.34. The van der Waals surface area contributed by atoms with Gasteiger partial charge in [0.05, 0.1) is 19.8 Å². The van der Waals surface area contributed by atoms with Crippen molar-refractivity contribution in [3.05, 3.63) is 0 Å². The Labute approximate surface area is 419 Å². The molecule has 2 N–H and O–H groups in total. The van der Waals surface area contributed by atoms with Gasteiger partial charge in [0.25, 0.3) is 11.9 Å². The first-order valence-electron chi connectivity index (χ1n) is 13.7. The number of esters is 3. The molecule has 323 valence electrons. The fraction of sp³-hybridized carbons (Fsp3) is 0.643. The molecule has 54 heavy (non-hydrogen) atoms. The summed E-state index contributed by atoms with van der Waals surface area (Å²) >= 11 is 6.59. The van der Waals surface area contributed by atoms with Crippen LogP contribution >= 0.6 is 12.8 Å². The maximum absolute atomic E-state index is 11.6. The van der Waals surface area contributed by atoms with Crippen LogP contribution in [0.15, 0.2) is 4.30 Å². The number of hydrogen-bond donors (Lipinski definition) is 3. The first kappa shape index (κ1) is 78.4. The summed E-state index contributed by atoms with van der Waals surface area (Å²) in [5, 5.41) is 26.5. The van der Waals surface area contributed by atoms with E-state index in [0.717, 1.165) is 26.4 Å². The Kier molecular flexibility index (Phi) is 77.1. The van der Waals surface area contributed by atoms with E-state index in [9.17, 15) is 53.1 Å². The summed E-state index contributed by atoms with van der Waals surface area (Å²) in [4.78, 5) is 107. The molecule has 0 fully saturated rings. The average Bonchev–Trinajstić information content (AvgIpc) is 2.99. The molecule has 0 aliphatic rings. The molecule has 0 saturated heterocycles. The summed E-state index contributed by atoms with van der Waals surface area (Å²) < 4.78 is 32.7. The van der Waals surface area contributed by atoms with E-state index in [0.29, 0.717) is 6.61 Å². The van der Waals surface area contributed by atoms with Crippen molar-refractivity contribution in [2.24, 2.45) is 28.0 Å². The maximum atomic E-state index is 11.6. The van der Waals surface area contributed by atoms with E-state index in [1.54, 1.807) is 83.6 Å². The van der Waals surface area contributed by atoms with Gasteiger partial charge < -0.3 is 39.1 Å². The molecule has 0 bridgehead atoms. The molecule has 0 rings (SSSR count). The Morgan fingerprint density at radius 2 is 0.944 bits per heavy atom. The quantitative estimate of drug-likeness (QED) is 0.0362. The van der Waals surface area contributed by atoms with Crippen LogP contribution in [0.3, 0.4) is 0 Å². The number of thiol groups is 1. The Balaban J connectivity index is -0.0000000589. The molecule has 3 radical (unpaired) electrons. The van der Waals surface area contributed by atoms with E-state index in [-0.39, 0.29) is 122 Å². The Morgan fingerprint density at radius 3 is 1.07 bits per heavy atom. The first-order chi connectivity index (χ1) is 23.5. The minimum atomic E-state index is -1.99. The van der Waals surface area contributed by atoms with E-state index in [2.05, 4.69) is 29.5 Å². The van der Waals surface area contributed by atoms with E-state index in [1.165, 1.54) is 6.92 Å². The number of ether oxygens (including phenoxy) is 3. The van der Waals surface area contributed by atoms with E-state index >= 15 is 0 Å². The van der Waals surface area contributed by atoms with Crippen molar-refractivity contribution in [2.75, 3.05) is 19.8 Å². The number of hydrogen-bond acceptors (Lipinski definition) is 18. The molecule has 4 atom stereocenters. The number of aliphatic carboxylic acids is 2. The summed E-state index contributed by atoms with van der Waals surface area (Å²) in [6, 6.07) is 0. The second-order valence-electron chi connectivity index (χ2n) is 9.46. The fourth-order valence-electron chi connectivity index (χ4n) is 2.47. The summed E-state index contributed by atoms with van der Waals surface area (Å²) in [5.41, 5.74) is -0.750. The molecule has 0 saturated carbocycles. The van der Waals surface area contributed by atoms with Gasteiger partial charge in [-0.2, -0.15) is 0 Å². The molecule has 0 heterocycles. The van der Waals surface area contributed by atoms with E-state index in [1.807, 2.05) is 0 Å². The van der Waals surface area contributed by atoms with Crippen molar-refractivity contribution in [1.29, 1.82) is 0 Å².